The van der Waals surface area contributed by atoms with Crippen LogP contribution in [0.3, 0.4) is 0 Å². The summed E-state index contributed by atoms with van der Waals surface area (Å²) in [7, 11) is -3.35. The number of anilines is 1. The number of Topliss-reactive ketones (excluding diaryl/α,β-unsaturated/α-hetero) is 1. The Morgan fingerprint density at radius 1 is 1.08 bits per heavy atom. The van der Waals surface area contributed by atoms with Crippen LogP contribution in [0, 0.1) is 0 Å². The van der Waals surface area contributed by atoms with Gasteiger partial charge in [-0.1, -0.05) is 29.3 Å². The van der Waals surface area contributed by atoms with Crippen LogP contribution >= 0.6 is 35.0 Å². The molecule has 0 aromatic heterocycles. The van der Waals surface area contributed by atoms with E-state index in [0.29, 0.717) is 26.2 Å². The van der Waals surface area contributed by atoms with Gasteiger partial charge in [0.15, 0.2) is 5.78 Å². The van der Waals surface area contributed by atoms with E-state index in [9.17, 15) is 13.2 Å². The molecule has 1 N–H and O–H groups in total. The normalized spacial score (nSPS) is 12.7. The third-order valence-electron chi connectivity index (χ3n) is 3.06. The molecule has 0 amide bonds. The predicted octanol–water partition coefficient (Wildman–Crippen LogP) is 4.73. The van der Waals surface area contributed by atoms with Crippen molar-refractivity contribution in [1.82, 2.24) is 0 Å². The van der Waals surface area contributed by atoms with Gasteiger partial charge >= 0.3 is 0 Å². The molecule has 0 radical (unpaired) electrons. The van der Waals surface area contributed by atoms with E-state index in [1.807, 2.05) is 0 Å². The zero-order chi connectivity index (χ0) is 17.9. The second-order valence-electron chi connectivity index (χ2n) is 5.13. The molecule has 0 unspecified atom stereocenters. The van der Waals surface area contributed by atoms with Crippen LogP contribution in [0.25, 0.3) is 0 Å². The van der Waals surface area contributed by atoms with Crippen LogP contribution in [-0.2, 0) is 10.0 Å². The van der Waals surface area contributed by atoms with Crippen molar-refractivity contribution < 1.29 is 13.2 Å². The topological polar surface area (TPSA) is 63.2 Å². The van der Waals surface area contributed by atoms with E-state index in [1.165, 1.54) is 11.8 Å². The Bertz CT molecular complexity index is 832. The number of carbonyl (C=O) groups excluding carboxylic acids is 1. The number of sulfonamides is 1. The Hall–Kier alpha value is -1.21. The average Bonchev–Trinajstić information content (AvgIpc) is 2.49. The molecule has 4 nitrogen and oxygen atoms in total. The molecule has 8 heteroatoms. The third-order valence-corrected chi connectivity index (χ3v) is 5.76. The lowest BCUT2D eigenvalue weighted by atomic mass is 10.1. The number of carbonyl (C=O) groups is 1. The molecule has 0 fully saturated rings. The minimum atomic E-state index is -3.35. The van der Waals surface area contributed by atoms with Gasteiger partial charge in [0.05, 0.1) is 21.6 Å². The highest BCUT2D eigenvalue weighted by atomic mass is 35.5. The predicted molar refractivity (Wildman–Crippen MR) is 101 cm³/mol. The van der Waals surface area contributed by atoms with Crippen LogP contribution < -0.4 is 4.72 Å². The van der Waals surface area contributed by atoms with Crippen LogP contribution in [0.1, 0.15) is 17.3 Å². The van der Waals surface area contributed by atoms with E-state index in [-0.39, 0.29) is 5.78 Å². The van der Waals surface area contributed by atoms with Gasteiger partial charge < -0.3 is 0 Å². The summed E-state index contributed by atoms with van der Waals surface area (Å²) in [5.41, 5.74) is 0.890. The first-order valence-electron chi connectivity index (χ1n) is 6.90. The van der Waals surface area contributed by atoms with E-state index >= 15 is 0 Å². The number of halogens is 2. The summed E-state index contributed by atoms with van der Waals surface area (Å²) >= 11 is 13.5. The van der Waals surface area contributed by atoms with Gasteiger partial charge in [-0.2, -0.15) is 0 Å². The van der Waals surface area contributed by atoms with Gasteiger partial charge in [0.25, 0.3) is 0 Å². The molecule has 0 aliphatic carbocycles. The minimum Gasteiger partial charge on any atom is -0.293 e. The van der Waals surface area contributed by atoms with Gasteiger partial charge in [0.2, 0.25) is 10.0 Å². The number of rotatable bonds is 6. The number of thioether (sulfide) groups is 1. The fourth-order valence-corrected chi connectivity index (χ4v) is 4.16. The Kier molecular flexibility index (Phi) is 6.20. The maximum Gasteiger partial charge on any atom is 0.229 e. The van der Waals surface area contributed by atoms with E-state index in [0.717, 1.165) is 6.26 Å². The Labute approximate surface area is 155 Å². The number of ketones is 1. The summed E-state index contributed by atoms with van der Waals surface area (Å²) in [6, 6.07) is 11.5. The fraction of sp³-hybridized carbons (Fsp3) is 0.188. The standard InChI is InChI=1S/C16H15Cl2NO3S2/c1-10(23-16-13(17)4-3-5-14(16)18)15(20)11-6-8-12(9-7-11)19-24(2,21)22/h3-10,19H,1-2H3/t10-/m1/s1. The Morgan fingerprint density at radius 3 is 2.12 bits per heavy atom. The SMILES string of the molecule is C[C@@H](Sc1c(Cl)cccc1Cl)C(=O)c1ccc(NS(C)(=O)=O)cc1. The van der Waals surface area contributed by atoms with Crippen LogP contribution in [0.2, 0.25) is 10.0 Å². The molecule has 0 heterocycles. The number of hydrogen-bond donors (Lipinski definition) is 1. The third kappa shape index (κ3) is 5.14. The molecule has 1 atom stereocenters. The molecule has 0 aliphatic heterocycles. The van der Waals surface area contributed by atoms with Crippen LogP contribution in [0.15, 0.2) is 47.4 Å². The molecule has 0 spiro atoms. The van der Waals surface area contributed by atoms with E-state index < -0.39 is 15.3 Å². The van der Waals surface area contributed by atoms with Gasteiger partial charge in [-0.3, -0.25) is 9.52 Å². The summed E-state index contributed by atoms with van der Waals surface area (Å²) in [5, 5.41) is 0.607. The minimum absolute atomic E-state index is 0.0955. The van der Waals surface area contributed by atoms with Crippen LogP contribution in [-0.4, -0.2) is 25.7 Å². The molecular weight excluding hydrogens is 389 g/mol. The van der Waals surface area contributed by atoms with E-state index in [4.69, 9.17) is 23.2 Å². The van der Waals surface area contributed by atoms with Crippen molar-refractivity contribution in [3.8, 4) is 0 Å². The maximum atomic E-state index is 12.5. The molecule has 0 bridgehead atoms. The van der Waals surface area contributed by atoms with Crippen molar-refractivity contribution in [1.29, 1.82) is 0 Å². The summed E-state index contributed by atoms with van der Waals surface area (Å²) in [5.74, 6) is -0.0955. The van der Waals surface area contributed by atoms with Gasteiger partial charge in [-0.05, 0) is 43.3 Å². The summed E-state index contributed by atoms with van der Waals surface area (Å²) in [6.45, 7) is 1.77. The summed E-state index contributed by atoms with van der Waals surface area (Å²) in [4.78, 5) is 13.2. The lowest BCUT2D eigenvalue weighted by molar-refractivity contribution is 0.0994. The quantitative estimate of drug-likeness (QED) is 0.559. The average molecular weight is 404 g/mol. The van der Waals surface area contributed by atoms with E-state index in [1.54, 1.807) is 49.4 Å². The molecule has 24 heavy (non-hydrogen) atoms. The highest BCUT2D eigenvalue weighted by Crippen LogP contribution is 2.37. The summed E-state index contributed by atoms with van der Waals surface area (Å²) in [6.07, 6.45) is 1.07. The molecule has 0 saturated carbocycles. The molecular formula is C16H15Cl2NO3S2. The zero-order valence-corrected chi connectivity index (χ0v) is 16.1. The lowest BCUT2D eigenvalue weighted by Gasteiger charge is -2.13. The second kappa shape index (κ2) is 7.78. The molecule has 2 rings (SSSR count). The second-order valence-corrected chi connectivity index (χ2v) is 9.04. The first-order valence-corrected chi connectivity index (χ1v) is 10.4. The van der Waals surface area contributed by atoms with Gasteiger partial charge in [-0.15, -0.1) is 11.8 Å². The van der Waals surface area contributed by atoms with Crippen molar-refractivity contribution in [2.75, 3.05) is 11.0 Å². The monoisotopic (exact) mass is 403 g/mol. The van der Waals surface area contributed by atoms with Crippen molar-refractivity contribution in [2.24, 2.45) is 0 Å². The van der Waals surface area contributed by atoms with Gasteiger partial charge in [-0.25, -0.2) is 8.42 Å². The zero-order valence-electron chi connectivity index (χ0n) is 12.9. The van der Waals surface area contributed by atoms with Gasteiger partial charge in [0, 0.05) is 16.1 Å². The largest absolute Gasteiger partial charge is 0.293 e. The van der Waals surface area contributed by atoms with Crippen molar-refractivity contribution >= 4 is 56.5 Å². The first-order chi connectivity index (χ1) is 11.2. The van der Waals surface area contributed by atoms with Crippen LogP contribution in [0.5, 0.6) is 0 Å². The fourth-order valence-electron chi connectivity index (χ4n) is 1.98. The number of nitrogens with one attached hydrogen (secondary N) is 1. The molecule has 128 valence electrons. The number of hydrogen-bond acceptors (Lipinski definition) is 4. The molecule has 2 aromatic carbocycles. The van der Waals surface area contributed by atoms with Crippen molar-refractivity contribution in [3.63, 3.8) is 0 Å². The molecule has 2 aromatic rings. The van der Waals surface area contributed by atoms with Crippen molar-refractivity contribution in [2.45, 2.75) is 17.1 Å². The Balaban J connectivity index is 2.13. The highest BCUT2D eigenvalue weighted by molar-refractivity contribution is 8.00. The lowest BCUT2D eigenvalue weighted by Crippen LogP contribution is -2.14. The van der Waals surface area contributed by atoms with Crippen LogP contribution in [0.4, 0.5) is 5.69 Å². The van der Waals surface area contributed by atoms with E-state index in [2.05, 4.69) is 4.72 Å². The summed E-state index contributed by atoms with van der Waals surface area (Å²) < 4.78 is 24.7. The maximum absolute atomic E-state index is 12.5. The Morgan fingerprint density at radius 2 is 1.62 bits per heavy atom. The van der Waals surface area contributed by atoms with Gasteiger partial charge in [0.1, 0.15) is 0 Å². The molecule has 0 saturated heterocycles. The first kappa shape index (κ1) is 19.1. The van der Waals surface area contributed by atoms with Crippen molar-refractivity contribution in [3.05, 3.63) is 58.1 Å². The smallest absolute Gasteiger partial charge is 0.229 e. The number of benzene rings is 2. The molecule has 0 aliphatic rings. The highest BCUT2D eigenvalue weighted by Gasteiger charge is 2.19.